The number of nitrogens with zero attached hydrogens (tertiary/aromatic N) is 4. The second-order valence-corrected chi connectivity index (χ2v) is 7.19. The van der Waals surface area contributed by atoms with Gasteiger partial charge < -0.3 is 5.32 Å². The SMILES string of the molecule is CCc1cccc(NC(=O)CSc2nc3ccccc3c(=O)n2-c2ncn[nH]2)c1. The first kappa shape index (κ1) is 18.9. The Morgan fingerprint density at radius 1 is 1.21 bits per heavy atom. The van der Waals surface area contributed by atoms with Gasteiger partial charge in [0.2, 0.25) is 11.9 Å². The predicted molar refractivity (Wildman–Crippen MR) is 112 cm³/mol. The Labute approximate surface area is 170 Å². The molecule has 0 radical (unpaired) electrons. The van der Waals surface area contributed by atoms with Crippen molar-refractivity contribution in [2.45, 2.75) is 18.5 Å². The molecular weight excluding hydrogens is 388 g/mol. The molecule has 0 unspecified atom stereocenters. The second kappa shape index (κ2) is 8.27. The Kier molecular flexibility index (Phi) is 5.39. The number of thioether (sulfide) groups is 1. The van der Waals surface area contributed by atoms with Gasteiger partial charge in [-0.3, -0.25) is 9.59 Å². The third-order valence-corrected chi connectivity index (χ3v) is 5.25. The number of aromatic nitrogens is 5. The fourth-order valence-corrected chi connectivity index (χ4v) is 3.69. The Hall–Kier alpha value is -3.46. The van der Waals surface area contributed by atoms with Crippen LogP contribution in [0.5, 0.6) is 0 Å². The number of aromatic amines is 1. The van der Waals surface area contributed by atoms with Crippen molar-refractivity contribution in [2.75, 3.05) is 11.1 Å². The minimum atomic E-state index is -0.272. The first-order valence-corrected chi connectivity index (χ1v) is 10.0. The molecule has 0 aliphatic rings. The van der Waals surface area contributed by atoms with Crippen molar-refractivity contribution < 1.29 is 4.79 Å². The van der Waals surface area contributed by atoms with Crippen molar-refractivity contribution in [3.8, 4) is 5.95 Å². The molecule has 0 fully saturated rings. The van der Waals surface area contributed by atoms with E-state index in [0.717, 1.165) is 29.4 Å². The molecule has 2 N–H and O–H groups in total. The van der Waals surface area contributed by atoms with Gasteiger partial charge in [-0.25, -0.2) is 14.6 Å². The molecule has 1 amide bonds. The molecule has 8 nitrogen and oxygen atoms in total. The van der Waals surface area contributed by atoms with E-state index in [2.05, 4.69) is 32.4 Å². The fraction of sp³-hybridized carbons (Fsp3) is 0.150. The molecule has 0 atom stereocenters. The lowest BCUT2D eigenvalue weighted by Gasteiger charge is -2.11. The third-order valence-electron chi connectivity index (χ3n) is 4.31. The molecule has 9 heteroatoms. The topological polar surface area (TPSA) is 106 Å². The van der Waals surface area contributed by atoms with Crippen molar-refractivity contribution in [3.63, 3.8) is 0 Å². The van der Waals surface area contributed by atoms with E-state index < -0.39 is 0 Å². The van der Waals surface area contributed by atoms with Crippen molar-refractivity contribution >= 4 is 34.3 Å². The average Bonchev–Trinajstić information content (AvgIpc) is 3.27. The second-order valence-electron chi connectivity index (χ2n) is 6.25. The molecule has 4 rings (SSSR count). The number of benzene rings is 2. The predicted octanol–water partition coefficient (Wildman–Crippen LogP) is 2.80. The summed E-state index contributed by atoms with van der Waals surface area (Å²) in [7, 11) is 0. The van der Waals surface area contributed by atoms with Gasteiger partial charge in [-0.1, -0.05) is 43.0 Å². The summed E-state index contributed by atoms with van der Waals surface area (Å²) < 4.78 is 1.34. The minimum absolute atomic E-state index is 0.0925. The van der Waals surface area contributed by atoms with Gasteiger partial charge in [-0.15, -0.1) is 0 Å². The summed E-state index contributed by atoms with van der Waals surface area (Å²) in [6.45, 7) is 2.06. The van der Waals surface area contributed by atoms with Crippen LogP contribution in [0.4, 0.5) is 5.69 Å². The van der Waals surface area contributed by atoms with E-state index in [0.29, 0.717) is 16.1 Å². The lowest BCUT2D eigenvalue weighted by molar-refractivity contribution is -0.113. The molecule has 0 spiro atoms. The van der Waals surface area contributed by atoms with Gasteiger partial charge in [-0.2, -0.15) is 10.1 Å². The number of hydrogen-bond acceptors (Lipinski definition) is 6. The van der Waals surface area contributed by atoms with Crippen molar-refractivity contribution in [2.24, 2.45) is 0 Å². The number of carbonyl (C=O) groups is 1. The number of amides is 1. The molecule has 2 aromatic heterocycles. The molecular formula is C20H18N6O2S. The van der Waals surface area contributed by atoms with Crippen LogP contribution >= 0.6 is 11.8 Å². The van der Waals surface area contributed by atoms with E-state index in [1.54, 1.807) is 18.2 Å². The van der Waals surface area contributed by atoms with E-state index in [4.69, 9.17) is 0 Å². The molecule has 0 aliphatic heterocycles. The van der Waals surface area contributed by atoms with Crippen LogP contribution in [-0.4, -0.2) is 36.4 Å². The Morgan fingerprint density at radius 3 is 2.86 bits per heavy atom. The van der Waals surface area contributed by atoms with Crippen LogP contribution in [0.25, 0.3) is 16.9 Å². The van der Waals surface area contributed by atoms with E-state index in [1.165, 1.54) is 10.9 Å². The monoisotopic (exact) mass is 406 g/mol. The largest absolute Gasteiger partial charge is 0.325 e. The minimum Gasteiger partial charge on any atom is -0.325 e. The van der Waals surface area contributed by atoms with E-state index >= 15 is 0 Å². The number of aryl methyl sites for hydroxylation is 1. The lowest BCUT2D eigenvalue weighted by Crippen LogP contribution is -2.23. The van der Waals surface area contributed by atoms with Gasteiger partial charge >= 0.3 is 0 Å². The summed E-state index contributed by atoms with van der Waals surface area (Å²) in [5, 5.41) is 10.2. The van der Waals surface area contributed by atoms with Crippen LogP contribution in [0.2, 0.25) is 0 Å². The highest BCUT2D eigenvalue weighted by Crippen LogP contribution is 2.20. The number of fused-ring (bicyclic) bond motifs is 1. The number of anilines is 1. The van der Waals surface area contributed by atoms with Gasteiger partial charge in [-0.05, 0) is 36.2 Å². The Balaban J connectivity index is 1.61. The zero-order valence-corrected chi connectivity index (χ0v) is 16.4. The Morgan fingerprint density at radius 2 is 2.07 bits per heavy atom. The summed E-state index contributed by atoms with van der Waals surface area (Å²) >= 11 is 1.16. The summed E-state index contributed by atoms with van der Waals surface area (Å²) in [5.41, 5.74) is 2.18. The molecule has 29 heavy (non-hydrogen) atoms. The fourth-order valence-electron chi connectivity index (χ4n) is 2.90. The van der Waals surface area contributed by atoms with Crippen molar-refractivity contribution in [1.29, 1.82) is 0 Å². The van der Waals surface area contributed by atoms with Crippen molar-refractivity contribution in [3.05, 3.63) is 70.8 Å². The maximum absolute atomic E-state index is 13.0. The third kappa shape index (κ3) is 4.04. The number of carbonyl (C=O) groups excluding carboxylic acids is 1. The number of rotatable bonds is 6. The van der Waals surface area contributed by atoms with Gasteiger partial charge in [0.1, 0.15) is 6.33 Å². The van der Waals surface area contributed by atoms with Gasteiger partial charge in [0.15, 0.2) is 5.16 Å². The molecule has 0 aliphatic carbocycles. The Bertz CT molecular complexity index is 1220. The van der Waals surface area contributed by atoms with Crippen LogP contribution in [0.15, 0.2) is 64.8 Å². The number of hydrogen-bond donors (Lipinski definition) is 2. The van der Waals surface area contributed by atoms with Crippen LogP contribution < -0.4 is 10.9 Å². The highest BCUT2D eigenvalue weighted by atomic mass is 32.2. The average molecular weight is 406 g/mol. The number of nitrogens with one attached hydrogen (secondary N) is 2. The van der Waals surface area contributed by atoms with E-state index in [-0.39, 0.29) is 23.2 Å². The number of H-pyrrole nitrogens is 1. The highest BCUT2D eigenvalue weighted by Gasteiger charge is 2.16. The zero-order valence-electron chi connectivity index (χ0n) is 15.6. The molecule has 0 bridgehead atoms. The van der Waals surface area contributed by atoms with Crippen LogP contribution in [0.1, 0.15) is 12.5 Å². The summed E-state index contributed by atoms with van der Waals surface area (Å²) in [6.07, 6.45) is 2.21. The van der Waals surface area contributed by atoms with Crippen LogP contribution in [0.3, 0.4) is 0 Å². The summed E-state index contributed by atoms with van der Waals surface area (Å²) in [6, 6.07) is 14.8. The molecule has 4 aromatic rings. The van der Waals surface area contributed by atoms with E-state index in [9.17, 15) is 9.59 Å². The highest BCUT2D eigenvalue weighted by molar-refractivity contribution is 7.99. The zero-order chi connectivity index (χ0) is 20.2. The van der Waals surface area contributed by atoms with Crippen LogP contribution in [0, 0.1) is 0 Å². The van der Waals surface area contributed by atoms with Crippen molar-refractivity contribution in [1.82, 2.24) is 24.7 Å². The van der Waals surface area contributed by atoms with Gasteiger partial charge in [0, 0.05) is 5.69 Å². The smallest absolute Gasteiger partial charge is 0.269 e. The molecule has 2 aromatic carbocycles. The molecule has 146 valence electrons. The van der Waals surface area contributed by atoms with Crippen LogP contribution in [-0.2, 0) is 11.2 Å². The maximum Gasteiger partial charge on any atom is 0.269 e. The maximum atomic E-state index is 13.0. The first-order valence-electron chi connectivity index (χ1n) is 9.05. The summed E-state index contributed by atoms with van der Waals surface area (Å²) in [4.78, 5) is 34.1. The summed E-state index contributed by atoms with van der Waals surface area (Å²) in [5.74, 6) is 0.163. The molecule has 0 saturated heterocycles. The number of para-hydroxylation sites is 1. The van der Waals surface area contributed by atoms with Gasteiger partial charge in [0.25, 0.3) is 5.56 Å². The van der Waals surface area contributed by atoms with Gasteiger partial charge in [0.05, 0.1) is 16.7 Å². The molecule has 0 saturated carbocycles. The normalized spacial score (nSPS) is 10.9. The molecule has 2 heterocycles. The lowest BCUT2D eigenvalue weighted by atomic mass is 10.1. The standard InChI is InChI=1S/C20H18N6O2S/c1-2-13-6-5-7-14(10-13)23-17(27)11-29-20-24-16-9-4-3-8-15(16)18(28)26(20)19-21-12-22-25-19/h3-10,12H,2,11H2,1H3,(H,23,27)(H,21,22,25). The first-order chi connectivity index (χ1) is 14.2. The van der Waals surface area contributed by atoms with E-state index in [1.807, 2.05) is 30.3 Å². The quantitative estimate of drug-likeness (QED) is 0.377.